The molecule has 0 aliphatic heterocycles. The summed E-state index contributed by atoms with van der Waals surface area (Å²) >= 11 is 0. The van der Waals surface area contributed by atoms with Gasteiger partial charge in [0.15, 0.2) is 16.4 Å². The van der Waals surface area contributed by atoms with Crippen LogP contribution in [0.5, 0.6) is 0 Å². The second-order valence-corrected chi connectivity index (χ2v) is 6.70. The Balaban J connectivity index is 2.23. The molecule has 4 nitrogen and oxygen atoms in total. The van der Waals surface area contributed by atoms with Gasteiger partial charge in [0.05, 0.1) is 0 Å². The van der Waals surface area contributed by atoms with Gasteiger partial charge in [-0.1, -0.05) is 66.7 Å². The number of halogens is 3. The Kier molecular flexibility index (Phi) is 6.79. The van der Waals surface area contributed by atoms with Gasteiger partial charge in [0.2, 0.25) is 5.44 Å². The van der Waals surface area contributed by atoms with Gasteiger partial charge in [-0.3, -0.25) is 0 Å². The molecular formula is C18H18F3NO3S. The summed E-state index contributed by atoms with van der Waals surface area (Å²) in [7, 11) is -3.03. The predicted molar refractivity (Wildman–Crippen MR) is 93.8 cm³/mol. The van der Waals surface area contributed by atoms with E-state index in [0.717, 1.165) is 11.1 Å². The summed E-state index contributed by atoms with van der Waals surface area (Å²) < 4.78 is 61.6. The number of nitrogens with zero attached hydrogens (tertiary/aromatic N) is 1. The fraction of sp³-hybridized carbons (Fsp3) is 0.278. The Bertz CT molecular complexity index is 808. The highest BCUT2D eigenvalue weighted by molar-refractivity contribution is 7.72. The third-order valence-corrected chi connectivity index (χ3v) is 4.53. The minimum atomic E-state index is -4.77. The molecule has 8 heteroatoms. The van der Waals surface area contributed by atoms with Crippen molar-refractivity contribution in [3.8, 4) is 0 Å². The molecule has 0 fully saturated rings. The van der Waals surface area contributed by atoms with Crippen LogP contribution < -0.4 is 0 Å². The van der Waals surface area contributed by atoms with Crippen molar-refractivity contribution < 1.29 is 26.4 Å². The average Bonchev–Trinajstić information content (AvgIpc) is 2.59. The van der Waals surface area contributed by atoms with E-state index in [0.29, 0.717) is 6.42 Å². The zero-order chi connectivity index (χ0) is 19.2. The summed E-state index contributed by atoms with van der Waals surface area (Å²) in [5.41, 5.74) is -0.959. The summed E-state index contributed by atoms with van der Waals surface area (Å²) in [6, 6.07) is 15.3. The Morgan fingerprint density at radius 3 is 2.12 bits per heavy atom. The number of oxime groups is 1. The molecule has 0 aromatic heterocycles. The number of thiol groups is 1. The van der Waals surface area contributed by atoms with E-state index >= 15 is 0 Å². The standard InChI is InChI=1S/C18H18F3NO3S/c1-2-16(26(23)24)25-22-17(18(19,20)21)15-10-8-14(9-11-15)12-13-6-4-3-5-7-13/h3-11,16,26H,2,12H2,1H3. The average molecular weight is 385 g/mol. The molecule has 0 spiro atoms. The number of alkyl halides is 3. The quantitative estimate of drug-likeness (QED) is 0.447. The lowest BCUT2D eigenvalue weighted by molar-refractivity contribution is -0.0620. The van der Waals surface area contributed by atoms with Gasteiger partial charge in [-0.2, -0.15) is 13.2 Å². The van der Waals surface area contributed by atoms with Gasteiger partial charge < -0.3 is 4.84 Å². The monoisotopic (exact) mass is 385 g/mol. The number of benzene rings is 2. The van der Waals surface area contributed by atoms with Crippen LogP contribution in [-0.4, -0.2) is 25.7 Å². The van der Waals surface area contributed by atoms with Gasteiger partial charge in [0.1, 0.15) is 0 Å². The van der Waals surface area contributed by atoms with Crippen LogP contribution in [0, 0.1) is 0 Å². The van der Waals surface area contributed by atoms with Crippen LogP contribution in [0.1, 0.15) is 30.0 Å². The van der Waals surface area contributed by atoms with E-state index in [9.17, 15) is 21.6 Å². The van der Waals surface area contributed by atoms with Crippen LogP contribution in [0.2, 0.25) is 0 Å². The van der Waals surface area contributed by atoms with Crippen molar-refractivity contribution in [1.29, 1.82) is 0 Å². The number of hydrogen-bond acceptors (Lipinski definition) is 4. The van der Waals surface area contributed by atoms with E-state index in [1.54, 1.807) is 12.1 Å². The van der Waals surface area contributed by atoms with E-state index in [1.807, 2.05) is 30.3 Å². The van der Waals surface area contributed by atoms with Crippen LogP contribution >= 0.6 is 0 Å². The molecule has 0 N–H and O–H groups in total. The SMILES string of the molecule is CCC(ON=C(c1ccc(Cc2ccccc2)cc1)C(F)(F)F)[SH](=O)=O. The molecule has 1 unspecified atom stereocenters. The minimum Gasteiger partial charge on any atom is -0.376 e. The highest BCUT2D eigenvalue weighted by Gasteiger charge is 2.38. The highest BCUT2D eigenvalue weighted by Crippen LogP contribution is 2.24. The Morgan fingerprint density at radius 1 is 1.04 bits per heavy atom. The normalized spacial score (nSPS) is 13.7. The molecule has 0 saturated carbocycles. The molecule has 0 aliphatic rings. The van der Waals surface area contributed by atoms with Crippen LogP contribution in [0.15, 0.2) is 59.8 Å². The molecule has 0 radical (unpaired) electrons. The molecule has 0 aliphatic carbocycles. The first-order chi connectivity index (χ1) is 12.3. The third-order valence-electron chi connectivity index (χ3n) is 3.60. The molecule has 2 aromatic carbocycles. The lowest BCUT2D eigenvalue weighted by Gasteiger charge is -2.13. The largest absolute Gasteiger partial charge is 0.437 e. The zero-order valence-corrected chi connectivity index (χ0v) is 14.8. The molecule has 2 rings (SSSR count). The summed E-state index contributed by atoms with van der Waals surface area (Å²) in [5.74, 6) is 0. The fourth-order valence-electron chi connectivity index (χ4n) is 2.26. The molecule has 0 amide bonds. The molecule has 26 heavy (non-hydrogen) atoms. The minimum absolute atomic E-state index is 0.00333. The van der Waals surface area contributed by atoms with Crippen molar-refractivity contribution in [3.63, 3.8) is 0 Å². The van der Waals surface area contributed by atoms with Crippen molar-refractivity contribution in [1.82, 2.24) is 0 Å². The number of rotatable bonds is 7. The Hall–Kier alpha value is -2.35. The fourth-order valence-corrected chi connectivity index (χ4v) is 2.68. The molecule has 1 atom stereocenters. The smallest absolute Gasteiger partial charge is 0.376 e. The van der Waals surface area contributed by atoms with Crippen LogP contribution in [0.4, 0.5) is 13.2 Å². The van der Waals surface area contributed by atoms with Gasteiger partial charge in [0, 0.05) is 5.56 Å². The van der Waals surface area contributed by atoms with E-state index in [-0.39, 0.29) is 12.0 Å². The third kappa shape index (κ3) is 5.59. The molecular weight excluding hydrogens is 367 g/mol. The predicted octanol–water partition coefficient (Wildman–Crippen LogP) is 3.91. The molecule has 0 bridgehead atoms. The van der Waals surface area contributed by atoms with E-state index < -0.39 is 28.0 Å². The molecule has 2 aromatic rings. The first-order valence-corrected chi connectivity index (χ1v) is 9.13. The maximum absolute atomic E-state index is 13.2. The lowest BCUT2D eigenvalue weighted by atomic mass is 10.0. The topological polar surface area (TPSA) is 55.7 Å². The first-order valence-electron chi connectivity index (χ1n) is 7.89. The van der Waals surface area contributed by atoms with Gasteiger partial charge >= 0.3 is 6.18 Å². The van der Waals surface area contributed by atoms with Crippen molar-refractivity contribution in [3.05, 3.63) is 71.3 Å². The summed E-state index contributed by atoms with van der Waals surface area (Å²) in [4.78, 5) is 4.59. The number of hydrogen-bond donors (Lipinski definition) is 1. The van der Waals surface area contributed by atoms with E-state index in [2.05, 4.69) is 9.99 Å². The van der Waals surface area contributed by atoms with Gasteiger partial charge in [-0.25, -0.2) is 8.42 Å². The summed E-state index contributed by atoms with van der Waals surface area (Å²) in [6.07, 6.45) is -4.18. The summed E-state index contributed by atoms with van der Waals surface area (Å²) in [5, 5.41) is 3.08. The molecule has 0 heterocycles. The van der Waals surface area contributed by atoms with E-state index in [1.165, 1.54) is 19.1 Å². The summed E-state index contributed by atoms with van der Waals surface area (Å²) in [6.45, 7) is 1.48. The molecule has 0 saturated heterocycles. The maximum Gasteiger partial charge on any atom is 0.437 e. The lowest BCUT2D eigenvalue weighted by Crippen LogP contribution is -2.25. The zero-order valence-electron chi connectivity index (χ0n) is 13.9. The van der Waals surface area contributed by atoms with Crippen molar-refractivity contribution >= 4 is 16.4 Å². The van der Waals surface area contributed by atoms with Gasteiger partial charge in [-0.05, 0) is 24.0 Å². The van der Waals surface area contributed by atoms with Crippen molar-refractivity contribution in [2.75, 3.05) is 0 Å². The van der Waals surface area contributed by atoms with Gasteiger partial charge in [-0.15, -0.1) is 0 Å². The molecule has 140 valence electrons. The van der Waals surface area contributed by atoms with Crippen molar-refractivity contribution in [2.24, 2.45) is 5.16 Å². The Labute approximate surface area is 151 Å². The van der Waals surface area contributed by atoms with E-state index in [4.69, 9.17) is 0 Å². The van der Waals surface area contributed by atoms with Gasteiger partial charge in [0.25, 0.3) is 0 Å². The van der Waals surface area contributed by atoms with Crippen LogP contribution in [-0.2, 0) is 22.0 Å². The maximum atomic E-state index is 13.2. The highest BCUT2D eigenvalue weighted by atomic mass is 32.2. The Morgan fingerprint density at radius 2 is 1.62 bits per heavy atom. The van der Waals surface area contributed by atoms with Crippen LogP contribution in [0.25, 0.3) is 0 Å². The second kappa shape index (κ2) is 8.84. The second-order valence-electron chi connectivity index (χ2n) is 5.55. The van der Waals surface area contributed by atoms with Crippen molar-refractivity contribution in [2.45, 2.75) is 31.4 Å². The van der Waals surface area contributed by atoms with Crippen LogP contribution in [0.3, 0.4) is 0 Å². The first kappa shape index (κ1) is 20.0.